The van der Waals surface area contributed by atoms with Gasteiger partial charge < -0.3 is 19.8 Å². The Kier molecular flexibility index (Phi) is 54.3. The Labute approximate surface area is 372 Å². The van der Waals surface area contributed by atoms with Crippen LogP contribution in [-0.2, 0) is 9.59 Å². The third kappa shape index (κ3) is 53.1. The van der Waals surface area contributed by atoms with Gasteiger partial charge in [-0.05, 0) is 129 Å². The fourth-order valence-electron chi connectivity index (χ4n) is 6.23. The van der Waals surface area contributed by atoms with Gasteiger partial charge in [0.1, 0.15) is 0 Å². The number of nitrogens with zero attached hydrogens (tertiary/aromatic N) is 2. The molecule has 0 radical (unpaired) electrons. The van der Waals surface area contributed by atoms with Crippen molar-refractivity contribution in [2.45, 2.75) is 207 Å². The zero-order chi connectivity index (χ0) is 40.0. The second-order valence-corrected chi connectivity index (χ2v) is 15.1. The van der Waals surface area contributed by atoms with Gasteiger partial charge in [-0.1, -0.05) is 153 Å². The van der Waals surface area contributed by atoms with E-state index in [4.69, 9.17) is 0 Å². The summed E-state index contributed by atoms with van der Waals surface area (Å²) in [4.78, 5) is 26.0. The molecule has 0 aliphatic carbocycles. The van der Waals surface area contributed by atoms with E-state index in [0.717, 1.165) is 77.5 Å². The Hall–Kier alpha value is -0.920. The summed E-state index contributed by atoms with van der Waals surface area (Å²) >= 11 is 0. The topological polar surface area (TPSA) is 86.7 Å². The van der Waals surface area contributed by atoms with Gasteiger partial charge in [0.15, 0.2) is 0 Å². The summed E-state index contributed by atoms with van der Waals surface area (Å²) in [6.45, 7) is 12.6. The second-order valence-electron chi connectivity index (χ2n) is 15.1. The van der Waals surface area contributed by atoms with Gasteiger partial charge in [0.2, 0.25) is 0 Å². The van der Waals surface area contributed by atoms with Gasteiger partial charge in [-0.15, -0.1) is 0 Å². The summed E-state index contributed by atoms with van der Waals surface area (Å²) in [6.07, 6.45) is 51.7. The Morgan fingerprint density at radius 3 is 0.727 bits per heavy atom. The molecule has 0 saturated heterocycles. The van der Waals surface area contributed by atoms with Crippen LogP contribution in [0.5, 0.6) is 0 Å². The van der Waals surface area contributed by atoms with Crippen molar-refractivity contribution >= 4 is 49.7 Å². The van der Waals surface area contributed by atoms with Crippen LogP contribution >= 0.6 is 0 Å². The van der Waals surface area contributed by atoms with Gasteiger partial charge in [0.05, 0.1) is 11.9 Å². The van der Waals surface area contributed by atoms with Crippen LogP contribution in [0.15, 0.2) is 48.6 Å². The molecule has 0 spiro atoms. The predicted octanol–water partition coefficient (Wildman–Crippen LogP) is 10.9. The van der Waals surface area contributed by atoms with Crippen LogP contribution in [0, 0.1) is 0 Å². The van der Waals surface area contributed by atoms with E-state index in [-0.39, 0.29) is 50.8 Å². The molecule has 7 heteroatoms. The number of hydrogen-bond acceptors (Lipinski definition) is 6. The summed E-state index contributed by atoms with van der Waals surface area (Å²) in [7, 11) is 0. The predicted molar refractivity (Wildman–Crippen MR) is 237 cm³/mol. The summed E-state index contributed by atoms with van der Waals surface area (Å²) in [6, 6.07) is 0. The fourth-order valence-corrected chi connectivity index (χ4v) is 6.23. The summed E-state index contributed by atoms with van der Waals surface area (Å²) in [5, 5.41) is 21.9. The van der Waals surface area contributed by atoms with Crippen molar-refractivity contribution in [3.63, 3.8) is 0 Å². The summed E-state index contributed by atoms with van der Waals surface area (Å²) in [5.74, 6) is -1.90. The zero-order valence-electron chi connectivity index (χ0n) is 36.9. The van der Waals surface area contributed by atoms with E-state index in [1.54, 1.807) is 0 Å². The van der Waals surface area contributed by atoms with Crippen molar-refractivity contribution in [1.29, 1.82) is 0 Å². The first-order valence-corrected chi connectivity index (χ1v) is 22.8. The van der Waals surface area contributed by atoms with Gasteiger partial charge in [-0.3, -0.25) is 9.80 Å². The van der Waals surface area contributed by atoms with Crippen molar-refractivity contribution in [1.82, 2.24) is 9.80 Å². The van der Waals surface area contributed by atoms with Crippen LogP contribution in [0.4, 0.5) is 0 Å². The van der Waals surface area contributed by atoms with Crippen LogP contribution in [0.3, 0.4) is 0 Å². The monoisotopic (exact) mass is 797 g/mol. The number of allylic oxidation sites excluding steroid dienone is 8. The molecule has 0 saturated carbocycles. The Morgan fingerprint density at radius 1 is 0.345 bits per heavy atom. The van der Waals surface area contributed by atoms with E-state index in [2.05, 4.69) is 86.1 Å². The number of aliphatic carboxylic acids is 2. The number of unbranched alkanes of at least 4 members (excludes halogenated alkanes) is 20. The molecule has 0 rings (SSSR count). The quantitative estimate of drug-likeness (QED) is 0.0349. The molecular formula is C48H88CaN2O4. The molecule has 6 nitrogen and oxygen atoms in total. The van der Waals surface area contributed by atoms with Gasteiger partial charge in [0.25, 0.3) is 0 Å². The Bertz CT molecular complexity index is 776. The molecule has 0 aromatic heterocycles. The summed E-state index contributed by atoms with van der Waals surface area (Å²) < 4.78 is 0. The van der Waals surface area contributed by atoms with Crippen molar-refractivity contribution < 1.29 is 19.8 Å². The van der Waals surface area contributed by atoms with Gasteiger partial charge in [-0.25, -0.2) is 0 Å². The van der Waals surface area contributed by atoms with Gasteiger partial charge in [0, 0.05) is 13.1 Å². The molecule has 0 bridgehead atoms. The zero-order valence-corrected chi connectivity index (χ0v) is 39.1. The van der Waals surface area contributed by atoms with Crippen molar-refractivity contribution in [3.05, 3.63) is 48.6 Å². The number of hydrogen-bond donors (Lipinski definition) is 0. The first-order valence-electron chi connectivity index (χ1n) is 22.8. The number of carbonyl (C=O) groups excluding carboxylic acids is 2. The van der Waals surface area contributed by atoms with Crippen molar-refractivity contribution in [3.8, 4) is 0 Å². The number of carbonyl (C=O) groups is 2. The Morgan fingerprint density at radius 2 is 0.545 bits per heavy atom. The maximum absolute atomic E-state index is 11.0. The normalized spacial score (nSPS) is 11.7. The third-order valence-corrected chi connectivity index (χ3v) is 9.65. The van der Waals surface area contributed by atoms with Crippen molar-refractivity contribution in [2.24, 2.45) is 0 Å². The molecule has 0 aromatic carbocycles. The van der Waals surface area contributed by atoms with E-state index >= 15 is 0 Å². The minimum absolute atomic E-state index is 0. The van der Waals surface area contributed by atoms with Crippen LogP contribution in [0.25, 0.3) is 0 Å². The number of carboxylic acid groups (broad SMARTS) is 2. The largest absolute Gasteiger partial charge is 2.00 e. The summed E-state index contributed by atoms with van der Waals surface area (Å²) in [5.41, 5.74) is 0. The number of rotatable bonds is 40. The van der Waals surface area contributed by atoms with Crippen LogP contribution in [-0.4, -0.2) is 98.7 Å². The number of carboxylic acids is 2. The van der Waals surface area contributed by atoms with Crippen LogP contribution < -0.4 is 10.2 Å². The fraction of sp³-hybridized carbons (Fsp3) is 0.792. The minimum atomic E-state index is -0.951. The van der Waals surface area contributed by atoms with E-state index in [1.807, 2.05) is 0 Å². The molecule has 0 amide bonds. The van der Waals surface area contributed by atoms with E-state index in [9.17, 15) is 19.8 Å². The maximum Gasteiger partial charge on any atom is 2.00 e. The SMILES string of the molecule is CCCC/C=C/CCCCCN(CCCCC/C=C/CCCC)CC(=O)[O-].CCCC/C=C/CCCCCN(CCCCC/C=C/CCCC)CC(=O)[O-].[Ca+2]. The molecule has 0 heterocycles. The van der Waals surface area contributed by atoms with E-state index < -0.39 is 11.9 Å². The molecule has 0 atom stereocenters. The van der Waals surface area contributed by atoms with Crippen LogP contribution in [0.1, 0.15) is 207 Å². The van der Waals surface area contributed by atoms with Gasteiger partial charge in [-0.2, -0.15) is 0 Å². The molecule has 0 fully saturated rings. The third-order valence-electron chi connectivity index (χ3n) is 9.65. The first kappa shape index (κ1) is 58.4. The molecule has 0 aromatic rings. The maximum atomic E-state index is 11.0. The Balaban J connectivity index is -0.000000966. The average molecular weight is 797 g/mol. The van der Waals surface area contributed by atoms with Crippen LogP contribution in [0.2, 0.25) is 0 Å². The molecule has 0 aliphatic heterocycles. The van der Waals surface area contributed by atoms with E-state index in [0.29, 0.717) is 0 Å². The molecular weight excluding hydrogens is 709 g/mol. The van der Waals surface area contributed by atoms with Gasteiger partial charge >= 0.3 is 37.7 Å². The molecule has 0 unspecified atom stereocenters. The van der Waals surface area contributed by atoms with E-state index in [1.165, 1.54) is 128 Å². The molecule has 0 aliphatic rings. The standard InChI is InChI=1S/2C24H45NO2.Ca/c2*1-3-5-7-9-11-13-15-17-19-21-25(23-24(26)27)22-20-18-16-14-12-10-8-6-4-2;/h2*9-12H,3-8,13-23H2,1-2H3,(H,26,27);/q;;+2/p-2/b2*11-9+,12-10+;. The molecule has 55 heavy (non-hydrogen) atoms. The molecule has 316 valence electrons. The minimum Gasteiger partial charge on any atom is -0.549 e. The second kappa shape index (κ2) is 51.1. The van der Waals surface area contributed by atoms with Crippen molar-refractivity contribution in [2.75, 3.05) is 39.3 Å². The molecule has 0 N–H and O–H groups in total. The average Bonchev–Trinajstić information content (AvgIpc) is 3.14. The smallest absolute Gasteiger partial charge is 0.549 e. The first-order chi connectivity index (χ1) is 26.4.